The largest absolute Gasteiger partial charge is 0.493 e. The maximum absolute atomic E-state index is 14.2. The second-order valence-corrected chi connectivity index (χ2v) is 13.0. The molecule has 0 spiro atoms. The molecule has 0 aromatic heterocycles. The first-order valence-corrected chi connectivity index (χ1v) is 16.0. The molecule has 9 nitrogen and oxygen atoms in total. The van der Waals surface area contributed by atoms with Crippen LogP contribution in [0.4, 0.5) is 5.69 Å². The van der Waals surface area contributed by atoms with Crippen molar-refractivity contribution in [3.05, 3.63) is 82.9 Å². The normalized spacial score (nSPS) is 14.2. The van der Waals surface area contributed by atoms with Gasteiger partial charge in [-0.2, -0.15) is 0 Å². The fraction of sp³-hybridized carbons (Fsp3) is 0.375. The summed E-state index contributed by atoms with van der Waals surface area (Å²) in [6.07, 6.45) is 3.87. The quantitative estimate of drug-likeness (QED) is 0.291. The number of rotatable bonds is 12. The van der Waals surface area contributed by atoms with E-state index in [0.717, 1.165) is 35.6 Å². The van der Waals surface area contributed by atoms with Crippen molar-refractivity contribution in [3.63, 3.8) is 0 Å². The number of hydrogen-bond donors (Lipinski definition) is 1. The molecule has 0 heterocycles. The topological polar surface area (TPSA) is 105 Å². The van der Waals surface area contributed by atoms with Crippen molar-refractivity contribution >= 4 is 39.1 Å². The number of amides is 2. The minimum Gasteiger partial charge on any atom is -0.493 e. The van der Waals surface area contributed by atoms with E-state index in [0.29, 0.717) is 22.1 Å². The summed E-state index contributed by atoms with van der Waals surface area (Å²) in [5.41, 5.74) is 1.81. The Kier molecular flexibility index (Phi) is 10.6. The van der Waals surface area contributed by atoms with Gasteiger partial charge in [0.15, 0.2) is 11.5 Å². The van der Waals surface area contributed by atoms with Gasteiger partial charge in [0, 0.05) is 23.7 Å². The van der Waals surface area contributed by atoms with Crippen LogP contribution in [0.25, 0.3) is 0 Å². The Labute approximate surface area is 258 Å². The van der Waals surface area contributed by atoms with Crippen LogP contribution < -0.4 is 19.1 Å². The lowest BCUT2D eigenvalue weighted by molar-refractivity contribution is -0.139. The Morgan fingerprint density at radius 1 is 0.977 bits per heavy atom. The fourth-order valence-electron chi connectivity index (χ4n) is 5.15. The van der Waals surface area contributed by atoms with E-state index in [9.17, 15) is 18.0 Å². The first-order chi connectivity index (χ1) is 20.5. The van der Waals surface area contributed by atoms with E-state index in [1.807, 2.05) is 13.0 Å². The summed E-state index contributed by atoms with van der Waals surface area (Å²) in [6, 6.07) is 17.2. The number of benzene rings is 3. The minimum absolute atomic E-state index is 0.0223. The Bertz CT molecular complexity index is 1540. The molecule has 0 unspecified atom stereocenters. The molecule has 0 bridgehead atoms. The van der Waals surface area contributed by atoms with E-state index >= 15 is 0 Å². The molecule has 1 saturated carbocycles. The van der Waals surface area contributed by atoms with Crippen LogP contribution in [0, 0.1) is 6.92 Å². The number of ether oxygens (including phenoxy) is 2. The van der Waals surface area contributed by atoms with Crippen molar-refractivity contribution in [1.82, 2.24) is 10.2 Å². The number of sulfonamides is 1. The standard InChI is InChI=1S/C32H38ClN3O6S/c1-22-12-15-28(16-13-22)43(39,40)36(27-14-17-29(41-3)30(19-27)42-4)21-31(37)35(20-24-8-7-9-25(33)18-24)23(2)32(38)34-26-10-5-6-11-26/h7-9,12-19,23,26H,5-6,10-11,20-21H2,1-4H3,(H,34,38)/t23-/m1/s1. The molecule has 230 valence electrons. The predicted octanol–water partition coefficient (Wildman–Crippen LogP) is 5.34. The van der Waals surface area contributed by atoms with Crippen molar-refractivity contribution in [1.29, 1.82) is 0 Å². The molecule has 3 aromatic rings. The summed E-state index contributed by atoms with van der Waals surface area (Å²) >= 11 is 6.23. The first kappa shape index (κ1) is 32.2. The number of anilines is 1. The maximum Gasteiger partial charge on any atom is 0.264 e. The van der Waals surface area contributed by atoms with E-state index in [2.05, 4.69) is 5.32 Å². The molecule has 3 aromatic carbocycles. The number of nitrogens with one attached hydrogen (secondary N) is 1. The van der Waals surface area contributed by atoms with E-state index in [-0.39, 0.29) is 29.1 Å². The smallest absolute Gasteiger partial charge is 0.264 e. The Balaban J connectivity index is 1.73. The highest BCUT2D eigenvalue weighted by atomic mass is 35.5. The van der Waals surface area contributed by atoms with E-state index in [1.54, 1.807) is 49.4 Å². The van der Waals surface area contributed by atoms with Gasteiger partial charge in [0.05, 0.1) is 24.8 Å². The number of halogens is 1. The summed E-state index contributed by atoms with van der Waals surface area (Å²) in [7, 11) is -1.29. The van der Waals surface area contributed by atoms with Gasteiger partial charge in [-0.25, -0.2) is 8.42 Å². The number of nitrogens with zero attached hydrogens (tertiary/aromatic N) is 2. The van der Waals surface area contributed by atoms with Crippen molar-refractivity contribution in [3.8, 4) is 11.5 Å². The summed E-state index contributed by atoms with van der Waals surface area (Å²) < 4.78 is 40.0. The monoisotopic (exact) mass is 627 g/mol. The SMILES string of the molecule is COc1ccc(N(CC(=O)N(Cc2cccc(Cl)c2)[C@H](C)C(=O)NC2CCCC2)S(=O)(=O)c2ccc(C)cc2)cc1OC. The molecule has 1 fully saturated rings. The molecule has 1 aliphatic carbocycles. The molecule has 1 aliphatic rings. The summed E-state index contributed by atoms with van der Waals surface area (Å²) in [5, 5.41) is 3.55. The molecule has 0 radical (unpaired) electrons. The maximum atomic E-state index is 14.2. The molecule has 0 aliphatic heterocycles. The molecule has 11 heteroatoms. The number of hydrogen-bond acceptors (Lipinski definition) is 6. The summed E-state index contributed by atoms with van der Waals surface area (Å²) in [4.78, 5) is 28.9. The van der Waals surface area contributed by atoms with E-state index < -0.39 is 28.5 Å². The van der Waals surface area contributed by atoms with Crippen LogP contribution in [0.15, 0.2) is 71.6 Å². The van der Waals surface area contributed by atoms with Gasteiger partial charge in [-0.15, -0.1) is 0 Å². The third-order valence-electron chi connectivity index (χ3n) is 7.65. The van der Waals surface area contributed by atoms with Crippen LogP contribution in [0.2, 0.25) is 5.02 Å². The third-order valence-corrected chi connectivity index (χ3v) is 9.68. The van der Waals surface area contributed by atoms with Crippen LogP contribution in [0.5, 0.6) is 11.5 Å². The van der Waals surface area contributed by atoms with E-state index in [4.69, 9.17) is 21.1 Å². The van der Waals surface area contributed by atoms with Crippen molar-refractivity contribution in [2.75, 3.05) is 25.1 Å². The zero-order chi connectivity index (χ0) is 31.1. The van der Waals surface area contributed by atoms with Gasteiger partial charge >= 0.3 is 0 Å². The van der Waals surface area contributed by atoms with Crippen LogP contribution in [-0.2, 0) is 26.2 Å². The summed E-state index contributed by atoms with van der Waals surface area (Å²) in [5.74, 6) is -0.137. The van der Waals surface area contributed by atoms with Gasteiger partial charge in [0.25, 0.3) is 10.0 Å². The fourth-order valence-corrected chi connectivity index (χ4v) is 6.77. The second-order valence-electron chi connectivity index (χ2n) is 10.7. The zero-order valence-corrected chi connectivity index (χ0v) is 26.5. The van der Waals surface area contributed by atoms with Gasteiger partial charge in [-0.1, -0.05) is 54.3 Å². The molecule has 43 heavy (non-hydrogen) atoms. The Morgan fingerprint density at radius 2 is 1.65 bits per heavy atom. The lowest BCUT2D eigenvalue weighted by atomic mass is 10.1. The number of methoxy groups -OCH3 is 2. The lowest BCUT2D eigenvalue weighted by Gasteiger charge is -2.32. The van der Waals surface area contributed by atoms with Gasteiger partial charge in [0.2, 0.25) is 11.8 Å². The summed E-state index contributed by atoms with van der Waals surface area (Å²) in [6.45, 7) is 3.01. The number of carbonyl (C=O) groups excluding carboxylic acids is 2. The van der Waals surface area contributed by atoms with Gasteiger partial charge in [0.1, 0.15) is 12.6 Å². The Morgan fingerprint density at radius 3 is 2.28 bits per heavy atom. The Hall–Kier alpha value is -3.76. The van der Waals surface area contributed by atoms with Crippen LogP contribution in [-0.4, -0.2) is 58.0 Å². The third kappa shape index (κ3) is 7.80. The predicted molar refractivity (Wildman–Crippen MR) is 167 cm³/mol. The van der Waals surface area contributed by atoms with Crippen LogP contribution in [0.1, 0.15) is 43.7 Å². The van der Waals surface area contributed by atoms with Crippen LogP contribution in [0.3, 0.4) is 0 Å². The minimum atomic E-state index is -4.22. The van der Waals surface area contributed by atoms with Gasteiger partial charge < -0.3 is 19.7 Å². The van der Waals surface area contributed by atoms with E-state index in [1.165, 1.54) is 37.3 Å². The number of aryl methyl sites for hydroxylation is 1. The lowest BCUT2D eigenvalue weighted by Crippen LogP contribution is -2.52. The highest BCUT2D eigenvalue weighted by molar-refractivity contribution is 7.92. The molecular formula is C32H38ClN3O6S. The highest BCUT2D eigenvalue weighted by Gasteiger charge is 2.33. The van der Waals surface area contributed by atoms with Gasteiger partial charge in [-0.3, -0.25) is 13.9 Å². The zero-order valence-electron chi connectivity index (χ0n) is 24.9. The highest BCUT2D eigenvalue weighted by Crippen LogP contribution is 2.34. The average Bonchev–Trinajstić information content (AvgIpc) is 3.51. The number of carbonyl (C=O) groups is 2. The first-order valence-electron chi connectivity index (χ1n) is 14.2. The average molecular weight is 628 g/mol. The van der Waals surface area contributed by atoms with Gasteiger partial charge in [-0.05, 0) is 68.7 Å². The second kappa shape index (κ2) is 14.1. The van der Waals surface area contributed by atoms with Crippen LogP contribution >= 0.6 is 11.6 Å². The molecular weight excluding hydrogens is 590 g/mol. The molecule has 1 atom stereocenters. The molecule has 1 N–H and O–H groups in total. The van der Waals surface area contributed by atoms with Crippen molar-refractivity contribution in [2.45, 2.75) is 63.1 Å². The molecule has 2 amide bonds. The molecule has 4 rings (SSSR count). The van der Waals surface area contributed by atoms with Crippen molar-refractivity contribution < 1.29 is 27.5 Å². The van der Waals surface area contributed by atoms with Crippen molar-refractivity contribution in [2.24, 2.45) is 0 Å². The molecule has 0 saturated heterocycles.